The third-order valence-electron chi connectivity index (χ3n) is 12.2. The van der Waals surface area contributed by atoms with Gasteiger partial charge in [-0.05, 0) is 78.6 Å². The number of nitrogens with zero attached hydrogens (tertiary/aromatic N) is 6. The van der Waals surface area contributed by atoms with Gasteiger partial charge < -0.3 is 46.4 Å². The van der Waals surface area contributed by atoms with Crippen LogP contribution < -0.4 is 16.0 Å². The Kier molecular flexibility index (Phi) is 27.9. The van der Waals surface area contributed by atoms with E-state index in [0.29, 0.717) is 55.4 Å². The Balaban J connectivity index is 1.48. The fourth-order valence-electron chi connectivity index (χ4n) is 8.02. The summed E-state index contributed by atoms with van der Waals surface area (Å²) in [5.74, 6) is -6.60. The van der Waals surface area contributed by atoms with Gasteiger partial charge in [0, 0.05) is 103 Å². The fraction of sp³-hybridized carbons (Fsp3) is 0.571. The highest BCUT2D eigenvalue weighted by Gasteiger charge is 2.25. The first-order valence-corrected chi connectivity index (χ1v) is 25.3. The van der Waals surface area contributed by atoms with E-state index in [-0.39, 0.29) is 135 Å². The SMILES string of the molecule is CC(=O)[C@@H](CCC(=O)O)NC(=O)N[C@H](CCCCN(Cc1ccc(Br)nc1)C(=O)CCCCCC(=O)c1ccc(CNC(=O)CN2CCN(CC(=O)O)CCN(CC(=O)O)CCN(CC(=O)O)CC2)cc1)C(=O)O. The van der Waals surface area contributed by atoms with Gasteiger partial charge >= 0.3 is 35.9 Å². The standard InChI is InChI=1S/C49H70BrN9O15/c1-34(60)38(15-17-44(64)65)53-49(74)54-39(48(72)73)7-5-6-18-59(29-36-12-16-41(50)51-28-36)43(63)9-4-2-3-8-40(61)37-13-10-35(11-14-37)27-52-42(62)30-55-19-21-56(31-45(66)67)23-25-58(33-47(70)71)26-24-57(22-20-55)32-46(68)69/h10-14,16,28,38-39H,2-9,15,17-27,29-33H2,1H3,(H,52,62)(H,64,65)(H,66,67)(H,68,69)(H,70,71)(H,72,73)(H2,53,54,74)/t38-,39-/m1/s1. The Bertz CT molecular complexity index is 2170. The summed E-state index contributed by atoms with van der Waals surface area (Å²) in [6.45, 7) is 3.21. The first-order chi connectivity index (χ1) is 35.2. The van der Waals surface area contributed by atoms with Gasteiger partial charge in [0.2, 0.25) is 11.8 Å². The van der Waals surface area contributed by atoms with Crippen LogP contribution in [0.2, 0.25) is 0 Å². The number of halogens is 1. The molecule has 0 spiro atoms. The maximum Gasteiger partial charge on any atom is 0.326 e. The molecular weight excluding hydrogens is 1030 g/mol. The number of aromatic nitrogens is 1. The van der Waals surface area contributed by atoms with E-state index >= 15 is 0 Å². The van der Waals surface area contributed by atoms with Crippen LogP contribution in [-0.4, -0.2) is 211 Å². The lowest BCUT2D eigenvalue weighted by molar-refractivity contribution is -0.140. The Morgan fingerprint density at radius 1 is 0.595 bits per heavy atom. The maximum absolute atomic E-state index is 13.5. The van der Waals surface area contributed by atoms with Crippen molar-refractivity contribution < 1.29 is 73.5 Å². The van der Waals surface area contributed by atoms with E-state index < -0.39 is 53.7 Å². The molecule has 0 unspecified atom stereocenters. The molecule has 1 fully saturated rings. The number of carbonyl (C=O) groups excluding carboxylic acids is 5. The molecular formula is C49H70BrN9O15. The molecule has 8 N–H and O–H groups in total. The highest BCUT2D eigenvalue weighted by molar-refractivity contribution is 9.10. The van der Waals surface area contributed by atoms with E-state index in [4.69, 9.17) is 5.11 Å². The smallest absolute Gasteiger partial charge is 0.326 e. The average Bonchev–Trinajstić information content (AvgIpc) is 3.33. The van der Waals surface area contributed by atoms with Gasteiger partial charge in [-0.25, -0.2) is 14.6 Å². The number of carbonyl (C=O) groups is 10. The number of Topliss-reactive ketones (excluding diaryl/α,β-unsaturated/α-hetero) is 2. The Labute approximate surface area is 437 Å². The van der Waals surface area contributed by atoms with Crippen molar-refractivity contribution in [2.24, 2.45) is 0 Å². The predicted molar refractivity (Wildman–Crippen MR) is 270 cm³/mol. The minimum Gasteiger partial charge on any atom is -0.481 e. The number of urea groups is 1. The quantitative estimate of drug-likeness (QED) is 0.0303. The second-order valence-electron chi connectivity index (χ2n) is 18.1. The zero-order valence-electron chi connectivity index (χ0n) is 41.8. The number of rotatable bonds is 31. The van der Waals surface area contributed by atoms with Crippen molar-refractivity contribution >= 4 is 75.2 Å². The van der Waals surface area contributed by atoms with E-state index in [0.717, 1.165) is 11.1 Å². The van der Waals surface area contributed by atoms with Crippen molar-refractivity contribution in [1.29, 1.82) is 0 Å². The number of amides is 4. The number of carboxylic acid groups (broad SMARTS) is 5. The van der Waals surface area contributed by atoms with Gasteiger partial charge in [-0.15, -0.1) is 0 Å². The molecule has 2 aromatic rings. The van der Waals surface area contributed by atoms with Gasteiger partial charge in [-0.2, -0.15) is 0 Å². The molecule has 0 aliphatic carbocycles. The van der Waals surface area contributed by atoms with E-state index in [1.54, 1.807) is 56.1 Å². The Hall–Kier alpha value is -6.41. The van der Waals surface area contributed by atoms with Crippen LogP contribution in [0.15, 0.2) is 47.2 Å². The number of ketones is 2. The van der Waals surface area contributed by atoms with Gasteiger partial charge in [-0.1, -0.05) is 36.8 Å². The number of aliphatic carboxylic acids is 5. The van der Waals surface area contributed by atoms with Crippen molar-refractivity contribution in [3.05, 3.63) is 63.9 Å². The minimum atomic E-state index is -1.30. The topological polar surface area (TPSA) is 337 Å². The molecule has 1 aromatic carbocycles. The molecule has 4 amide bonds. The van der Waals surface area contributed by atoms with Crippen LogP contribution in [-0.2, 0) is 51.4 Å². The van der Waals surface area contributed by atoms with E-state index in [1.807, 2.05) is 11.0 Å². The molecule has 1 aromatic heterocycles. The number of carboxylic acids is 5. The second kappa shape index (κ2) is 33.4. The summed E-state index contributed by atoms with van der Waals surface area (Å²) in [6, 6.07) is 7.12. The maximum atomic E-state index is 13.5. The number of unbranched alkanes of at least 4 members (excludes halogenated alkanes) is 3. The summed E-state index contributed by atoms with van der Waals surface area (Å²) in [6.07, 6.45) is 3.98. The third-order valence-corrected chi connectivity index (χ3v) is 12.6. The molecule has 0 saturated carbocycles. The molecule has 0 bridgehead atoms. The number of nitrogens with one attached hydrogen (secondary N) is 3. The van der Waals surface area contributed by atoms with Crippen LogP contribution in [0.4, 0.5) is 4.79 Å². The van der Waals surface area contributed by atoms with Gasteiger partial charge in [0.05, 0.1) is 32.2 Å². The molecule has 2 heterocycles. The zero-order chi connectivity index (χ0) is 54.6. The summed E-state index contributed by atoms with van der Waals surface area (Å²) in [5.41, 5.74) is 2.01. The highest BCUT2D eigenvalue weighted by atomic mass is 79.9. The van der Waals surface area contributed by atoms with E-state index in [1.165, 1.54) is 6.92 Å². The molecule has 1 aliphatic heterocycles. The lowest BCUT2D eigenvalue weighted by atomic mass is 10.0. The van der Waals surface area contributed by atoms with Crippen LogP contribution in [0, 0.1) is 0 Å². The molecule has 25 heteroatoms. The van der Waals surface area contributed by atoms with Crippen molar-refractivity contribution in [2.45, 2.75) is 96.3 Å². The molecule has 74 heavy (non-hydrogen) atoms. The molecule has 0 radical (unpaired) electrons. The molecule has 1 aliphatic rings. The van der Waals surface area contributed by atoms with Crippen LogP contribution in [0.1, 0.15) is 92.6 Å². The van der Waals surface area contributed by atoms with E-state index in [9.17, 15) is 68.4 Å². The van der Waals surface area contributed by atoms with Crippen LogP contribution >= 0.6 is 15.9 Å². The first-order valence-electron chi connectivity index (χ1n) is 24.5. The molecule has 3 rings (SSSR count). The van der Waals surface area contributed by atoms with Crippen LogP contribution in [0.3, 0.4) is 0 Å². The normalized spacial score (nSPS) is 15.1. The fourth-order valence-corrected chi connectivity index (χ4v) is 8.25. The third kappa shape index (κ3) is 26.0. The van der Waals surface area contributed by atoms with Gasteiger partial charge in [0.25, 0.3) is 0 Å². The van der Waals surface area contributed by atoms with Gasteiger partial charge in [0.15, 0.2) is 11.6 Å². The molecule has 408 valence electrons. The van der Waals surface area contributed by atoms with Gasteiger partial charge in [0.1, 0.15) is 10.6 Å². The zero-order valence-corrected chi connectivity index (χ0v) is 43.3. The summed E-state index contributed by atoms with van der Waals surface area (Å²) in [4.78, 5) is 135. The first kappa shape index (κ1) is 61.9. The molecule has 24 nitrogen and oxygen atoms in total. The number of hydrogen-bond donors (Lipinski definition) is 8. The predicted octanol–water partition coefficient (Wildman–Crippen LogP) is 1.84. The summed E-state index contributed by atoms with van der Waals surface area (Å²) < 4.78 is 0.622. The monoisotopic (exact) mass is 1100 g/mol. The molecule has 2 atom stereocenters. The summed E-state index contributed by atoms with van der Waals surface area (Å²) >= 11 is 3.31. The van der Waals surface area contributed by atoms with Crippen LogP contribution in [0.25, 0.3) is 0 Å². The lowest BCUT2D eigenvalue weighted by Crippen LogP contribution is -2.50. The summed E-state index contributed by atoms with van der Waals surface area (Å²) in [7, 11) is 0. The summed E-state index contributed by atoms with van der Waals surface area (Å²) in [5, 5.41) is 54.6. The van der Waals surface area contributed by atoms with E-state index in [2.05, 4.69) is 36.9 Å². The lowest BCUT2D eigenvalue weighted by Gasteiger charge is -2.32. The Morgan fingerprint density at radius 3 is 1.59 bits per heavy atom. The van der Waals surface area contributed by atoms with Gasteiger partial charge in [-0.3, -0.25) is 58.0 Å². The number of hydrogen-bond acceptors (Lipinski definition) is 15. The van der Waals surface area contributed by atoms with Crippen molar-refractivity contribution in [3.8, 4) is 0 Å². The Morgan fingerprint density at radius 2 is 1.11 bits per heavy atom. The number of pyridine rings is 1. The average molecular weight is 1110 g/mol. The van der Waals surface area contributed by atoms with Crippen molar-refractivity contribution in [1.82, 2.24) is 45.4 Å². The minimum absolute atomic E-state index is 0.0245. The van der Waals surface area contributed by atoms with Crippen molar-refractivity contribution in [3.63, 3.8) is 0 Å². The highest BCUT2D eigenvalue weighted by Crippen LogP contribution is 2.16. The number of benzene rings is 1. The van der Waals surface area contributed by atoms with Crippen molar-refractivity contribution in [2.75, 3.05) is 85.1 Å². The van der Waals surface area contributed by atoms with Crippen LogP contribution in [0.5, 0.6) is 0 Å². The largest absolute Gasteiger partial charge is 0.481 e. The molecule has 1 saturated heterocycles. The second-order valence-corrected chi connectivity index (χ2v) is 19.0.